The Kier molecular flexibility index (Phi) is 2.42. The normalized spacial score (nSPS) is 10.3. The molecule has 1 aromatic carbocycles. The number of anilines is 1. The fourth-order valence-corrected chi connectivity index (χ4v) is 1.66. The van der Waals surface area contributed by atoms with Crippen molar-refractivity contribution < 1.29 is 0 Å². The number of hydrogen-bond acceptors (Lipinski definition) is 2. The summed E-state index contributed by atoms with van der Waals surface area (Å²) in [6.45, 7) is 4.05. The van der Waals surface area contributed by atoms with Crippen molar-refractivity contribution in [1.82, 2.24) is 4.98 Å². The number of benzene rings is 1. The van der Waals surface area contributed by atoms with Crippen LogP contribution in [0.2, 0.25) is 0 Å². The number of aryl methyl sites for hydroxylation is 1. The standard InChI is InChI=1S/C13H14N2/c1-9-6-7-11(10(2)13(9)14)12-5-3-4-8-15-12/h3-8H,14H2,1-2H3. The number of rotatable bonds is 1. The van der Waals surface area contributed by atoms with Crippen molar-refractivity contribution in [3.8, 4) is 11.3 Å². The summed E-state index contributed by atoms with van der Waals surface area (Å²) in [7, 11) is 0. The lowest BCUT2D eigenvalue weighted by Gasteiger charge is -2.10. The van der Waals surface area contributed by atoms with Gasteiger partial charge in [-0.3, -0.25) is 4.98 Å². The minimum absolute atomic E-state index is 0.859. The van der Waals surface area contributed by atoms with Crippen molar-refractivity contribution in [3.63, 3.8) is 0 Å². The van der Waals surface area contributed by atoms with E-state index in [-0.39, 0.29) is 0 Å². The Balaban J connectivity index is 2.60. The monoisotopic (exact) mass is 198 g/mol. The van der Waals surface area contributed by atoms with Gasteiger partial charge in [0, 0.05) is 17.4 Å². The van der Waals surface area contributed by atoms with E-state index in [9.17, 15) is 0 Å². The quantitative estimate of drug-likeness (QED) is 0.715. The zero-order valence-electron chi connectivity index (χ0n) is 8.99. The summed E-state index contributed by atoms with van der Waals surface area (Å²) in [5.41, 5.74) is 11.2. The van der Waals surface area contributed by atoms with Crippen LogP contribution < -0.4 is 5.73 Å². The van der Waals surface area contributed by atoms with Gasteiger partial charge in [0.1, 0.15) is 0 Å². The SMILES string of the molecule is Cc1ccc(-c2ccccn2)c(C)c1N. The lowest BCUT2D eigenvalue weighted by molar-refractivity contribution is 1.30. The van der Waals surface area contributed by atoms with Crippen LogP contribution in [0.4, 0.5) is 5.69 Å². The highest BCUT2D eigenvalue weighted by molar-refractivity contribution is 5.71. The predicted molar refractivity (Wildman–Crippen MR) is 63.6 cm³/mol. The van der Waals surface area contributed by atoms with Crippen molar-refractivity contribution in [2.75, 3.05) is 5.73 Å². The van der Waals surface area contributed by atoms with E-state index >= 15 is 0 Å². The first-order valence-corrected chi connectivity index (χ1v) is 4.97. The average Bonchev–Trinajstić information content (AvgIpc) is 2.27. The van der Waals surface area contributed by atoms with Crippen molar-refractivity contribution in [3.05, 3.63) is 47.7 Å². The minimum atomic E-state index is 0.859. The maximum atomic E-state index is 5.99. The molecule has 0 radical (unpaired) electrons. The second-order valence-electron chi connectivity index (χ2n) is 3.68. The Labute approximate surface area is 89.8 Å². The van der Waals surface area contributed by atoms with Crippen LogP contribution in [-0.4, -0.2) is 4.98 Å². The topological polar surface area (TPSA) is 38.9 Å². The maximum absolute atomic E-state index is 5.99. The van der Waals surface area contributed by atoms with Crippen molar-refractivity contribution >= 4 is 5.69 Å². The smallest absolute Gasteiger partial charge is 0.0705 e. The Hall–Kier alpha value is -1.83. The molecule has 2 rings (SSSR count). The number of nitrogens with two attached hydrogens (primary N) is 1. The highest BCUT2D eigenvalue weighted by atomic mass is 14.7. The molecular formula is C13H14N2. The number of aromatic nitrogens is 1. The molecule has 0 aliphatic heterocycles. The van der Waals surface area contributed by atoms with Crippen LogP contribution in [0.25, 0.3) is 11.3 Å². The molecule has 0 bridgehead atoms. The zero-order valence-corrected chi connectivity index (χ0v) is 8.99. The van der Waals surface area contributed by atoms with Gasteiger partial charge in [-0.25, -0.2) is 0 Å². The first-order chi connectivity index (χ1) is 7.20. The Bertz CT molecular complexity index is 475. The largest absolute Gasteiger partial charge is 0.398 e. The van der Waals surface area contributed by atoms with Crippen LogP contribution in [0.15, 0.2) is 36.5 Å². The number of pyridine rings is 1. The molecule has 1 heterocycles. The molecule has 0 atom stereocenters. The molecule has 0 amide bonds. The third kappa shape index (κ3) is 1.71. The number of nitrogen functional groups attached to an aromatic ring is 1. The van der Waals surface area contributed by atoms with Crippen molar-refractivity contribution in [2.45, 2.75) is 13.8 Å². The molecule has 0 fully saturated rings. The van der Waals surface area contributed by atoms with E-state index < -0.39 is 0 Å². The second kappa shape index (κ2) is 3.73. The minimum Gasteiger partial charge on any atom is -0.398 e. The number of nitrogens with zero attached hydrogens (tertiary/aromatic N) is 1. The van der Waals surface area contributed by atoms with E-state index in [2.05, 4.69) is 11.1 Å². The van der Waals surface area contributed by atoms with Crippen LogP contribution in [-0.2, 0) is 0 Å². The Morgan fingerprint density at radius 3 is 2.53 bits per heavy atom. The molecule has 2 N–H and O–H groups in total. The first kappa shape index (κ1) is 9.71. The van der Waals surface area contributed by atoms with Gasteiger partial charge in [0.15, 0.2) is 0 Å². The highest BCUT2D eigenvalue weighted by Crippen LogP contribution is 2.27. The van der Waals surface area contributed by atoms with Crippen LogP contribution in [0.3, 0.4) is 0 Å². The van der Waals surface area contributed by atoms with Gasteiger partial charge in [-0.15, -0.1) is 0 Å². The molecule has 0 saturated carbocycles. The molecule has 0 saturated heterocycles. The first-order valence-electron chi connectivity index (χ1n) is 4.97. The summed E-state index contributed by atoms with van der Waals surface area (Å²) in [6, 6.07) is 10.0. The van der Waals surface area contributed by atoms with Gasteiger partial charge in [-0.2, -0.15) is 0 Å². The van der Waals surface area contributed by atoms with E-state index in [1.165, 1.54) is 0 Å². The van der Waals surface area contributed by atoms with Gasteiger partial charge in [-0.05, 0) is 37.1 Å². The molecule has 1 aromatic heterocycles. The summed E-state index contributed by atoms with van der Waals surface area (Å²) in [5, 5.41) is 0. The van der Waals surface area contributed by atoms with Crippen molar-refractivity contribution in [1.29, 1.82) is 0 Å². The highest BCUT2D eigenvalue weighted by Gasteiger charge is 2.06. The summed E-state index contributed by atoms with van der Waals surface area (Å²) in [6.07, 6.45) is 1.80. The molecule has 0 aliphatic carbocycles. The molecule has 2 nitrogen and oxygen atoms in total. The van der Waals surface area contributed by atoms with Crippen molar-refractivity contribution in [2.24, 2.45) is 0 Å². The summed E-state index contributed by atoms with van der Waals surface area (Å²) >= 11 is 0. The molecular weight excluding hydrogens is 184 g/mol. The predicted octanol–water partition coefficient (Wildman–Crippen LogP) is 2.95. The summed E-state index contributed by atoms with van der Waals surface area (Å²) in [4.78, 5) is 4.33. The molecule has 0 spiro atoms. The molecule has 0 aliphatic rings. The van der Waals surface area contributed by atoms with E-state index in [1.54, 1.807) is 6.20 Å². The van der Waals surface area contributed by atoms with Gasteiger partial charge in [0.25, 0.3) is 0 Å². The van der Waals surface area contributed by atoms with Crippen LogP contribution in [0, 0.1) is 13.8 Å². The molecule has 76 valence electrons. The van der Waals surface area contributed by atoms with Gasteiger partial charge in [0.05, 0.1) is 5.69 Å². The van der Waals surface area contributed by atoms with Crippen LogP contribution in [0.5, 0.6) is 0 Å². The zero-order chi connectivity index (χ0) is 10.8. The number of hydrogen-bond donors (Lipinski definition) is 1. The second-order valence-corrected chi connectivity index (χ2v) is 3.68. The van der Waals surface area contributed by atoms with Gasteiger partial charge >= 0.3 is 0 Å². The van der Waals surface area contributed by atoms with E-state index in [0.29, 0.717) is 0 Å². The van der Waals surface area contributed by atoms with E-state index in [4.69, 9.17) is 5.73 Å². The third-order valence-corrected chi connectivity index (χ3v) is 2.67. The molecule has 2 aromatic rings. The lowest BCUT2D eigenvalue weighted by Crippen LogP contribution is -1.96. The van der Waals surface area contributed by atoms with Gasteiger partial charge < -0.3 is 5.73 Å². The van der Waals surface area contributed by atoms with Crippen LogP contribution in [0.1, 0.15) is 11.1 Å². The van der Waals surface area contributed by atoms with E-state index in [0.717, 1.165) is 28.1 Å². The average molecular weight is 198 g/mol. The van der Waals surface area contributed by atoms with Gasteiger partial charge in [-0.1, -0.05) is 18.2 Å². The van der Waals surface area contributed by atoms with Gasteiger partial charge in [0.2, 0.25) is 0 Å². The molecule has 15 heavy (non-hydrogen) atoms. The maximum Gasteiger partial charge on any atom is 0.0705 e. The third-order valence-electron chi connectivity index (χ3n) is 2.67. The fraction of sp³-hybridized carbons (Fsp3) is 0.154. The van der Waals surface area contributed by atoms with E-state index in [1.807, 2.05) is 38.1 Å². The molecule has 0 unspecified atom stereocenters. The lowest BCUT2D eigenvalue weighted by atomic mass is 10.0. The molecule has 2 heteroatoms. The fourth-order valence-electron chi connectivity index (χ4n) is 1.66. The summed E-state index contributed by atoms with van der Waals surface area (Å²) < 4.78 is 0. The van der Waals surface area contributed by atoms with Crippen LogP contribution >= 0.6 is 0 Å². The Morgan fingerprint density at radius 2 is 1.87 bits per heavy atom. The Morgan fingerprint density at radius 1 is 1.07 bits per heavy atom. The summed E-state index contributed by atoms with van der Waals surface area (Å²) in [5.74, 6) is 0.